The smallest absolute Gasteiger partial charge is 0.162 e. The van der Waals surface area contributed by atoms with Gasteiger partial charge in [0.25, 0.3) is 0 Å². The molecule has 0 amide bonds. The number of hydrogen-bond donors (Lipinski definition) is 1. The standard InChI is InChI=1S/C24H21FN6/c1-13-28-29-23-24(2,3)27-21-19(25)11-17(18(12-26)22(21)31(13)23)15-5-4-6-20-16(15)9-10-30(20)14-7-8-14/h4-6,9-11,14,27H,7-8H2,1-3H3. The van der Waals surface area contributed by atoms with E-state index >= 15 is 4.39 Å². The number of rotatable bonds is 2. The van der Waals surface area contributed by atoms with Gasteiger partial charge in [-0.2, -0.15) is 5.26 Å². The summed E-state index contributed by atoms with van der Waals surface area (Å²) < 4.78 is 19.6. The molecule has 0 bridgehead atoms. The van der Waals surface area contributed by atoms with Crippen molar-refractivity contribution >= 4 is 16.6 Å². The van der Waals surface area contributed by atoms with Gasteiger partial charge in [0, 0.05) is 28.7 Å². The molecular weight excluding hydrogens is 391 g/mol. The maximum absolute atomic E-state index is 15.5. The van der Waals surface area contributed by atoms with Crippen LogP contribution < -0.4 is 5.32 Å². The third-order valence-corrected chi connectivity index (χ3v) is 6.40. The lowest BCUT2D eigenvalue weighted by Crippen LogP contribution is -2.37. The number of aryl methyl sites for hydroxylation is 1. The normalized spacial score (nSPS) is 16.5. The molecule has 3 heterocycles. The van der Waals surface area contributed by atoms with Crippen LogP contribution in [0.4, 0.5) is 10.1 Å². The maximum Gasteiger partial charge on any atom is 0.162 e. The van der Waals surface area contributed by atoms with Crippen molar-refractivity contribution in [3.05, 3.63) is 59.6 Å². The summed E-state index contributed by atoms with van der Waals surface area (Å²) in [6.45, 7) is 5.68. The third-order valence-electron chi connectivity index (χ3n) is 6.40. The number of nitrogens with zero attached hydrogens (tertiary/aromatic N) is 5. The van der Waals surface area contributed by atoms with E-state index in [-0.39, 0.29) is 0 Å². The predicted octanol–water partition coefficient (Wildman–Crippen LogP) is 5.20. The molecule has 2 aromatic heterocycles. The Morgan fingerprint density at radius 3 is 2.74 bits per heavy atom. The number of nitrogens with one attached hydrogen (secondary N) is 1. The van der Waals surface area contributed by atoms with Crippen molar-refractivity contribution in [3.63, 3.8) is 0 Å². The SMILES string of the molecule is Cc1nnc2n1-c1c(C#N)c(-c3cccc4c3ccn4C3CC3)cc(F)c1NC2(C)C. The van der Waals surface area contributed by atoms with Gasteiger partial charge in [0.2, 0.25) is 0 Å². The predicted molar refractivity (Wildman–Crippen MR) is 117 cm³/mol. The number of anilines is 1. The number of hydrogen-bond acceptors (Lipinski definition) is 4. The molecule has 2 aliphatic rings. The zero-order chi connectivity index (χ0) is 21.5. The second-order valence-corrected chi connectivity index (χ2v) is 8.97. The van der Waals surface area contributed by atoms with Crippen LogP contribution in [0.2, 0.25) is 0 Å². The second kappa shape index (κ2) is 5.94. The fraction of sp³-hybridized carbons (Fsp3) is 0.292. The zero-order valence-corrected chi connectivity index (χ0v) is 17.6. The topological polar surface area (TPSA) is 71.5 Å². The Morgan fingerprint density at radius 2 is 2.00 bits per heavy atom. The van der Waals surface area contributed by atoms with Gasteiger partial charge < -0.3 is 9.88 Å². The van der Waals surface area contributed by atoms with Crippen molar-refractivity contribution in [2.75, 3.05) is 5.32 Å². The Morgan fingerprint density at radius 1 is 1.19 bits per heavy atom. The molecule has 4 aromatic rings. The van der Waals surface area contributed by atoms with E-state index < -0.39 is 11.4 Å². The summed E-state index contributed by atoms with van der Waals surface area (Å²) in [6.07, 6.45) is 4.46. The molecule has 6 rings (SSSR count). The van der Waals surface area contributed by atoms with Crippen molar-refractivity contribution in [2.24, 2.45) is 0 Å². The van der Waals surface area contributed by atoms with E-state index in [1.165, 1.54) is 18.9 Å². The van der Waals surface area contributed by atoms with Crippen LogP contribution in [0.15, 0.2) is 36.5 Å². The van der Waals surface area contributed by atoms with E-state index in [4.69, 9.17) is 0 Å². The first-order chi connectivity index (χ1) is 14.9. The molecule has 31 heavy (non-hydrogen) atoms. The van der Waals surface area contributed by atoms with Crippen molar-refractivity contribution < 1.29 is 4.39 Å². The first kappa shape index (κ1) is 18.1. The molecule has 0 radical (unpaired) electrons. The fourth-order valence-corrected chi connectivity index (χ4v) is 4.80. The van der Waals surface area contributed by atoms with Gasteiger partial charge >= 0.3 is 0 Å². The number of fused-ring (bicyclic) bond motifs is 4. The summed E-state index contributed by atoms with van der Waals surface area (Å²) in [6, 6.07) is 12.5. The Kier molecular flexibility index (Phi) is 3.48. The average molecular weight is 412 g/mol. The fourth-order valence-electron chi connectivity index (χ4n) is 4.80. The average Bonchev–Trinajstić information content (AvgIpc) is 3.36. The van der Waals surface area contributed by atoms with Crippen LogP contribution >= 0.6 is 0 Å². The van der Waals surface area contributed by atoms with E-state index in [0.29, 0.717) is 40.2 Å². The van der Waals surface area contributed by atoms with Crippen molar-refractivity contribution in [2.45, 2.75) is 45.2 Å². The molecule has 1 saturated carbocycles. The van der Waals surface area contributed by atoms with Crippen LogP contribution in [-0.2, 0) is 5.54 Å². The van der Waals surface area contributed by atoms with Gasteiger partial charge in [0.15, 0.2) is 5.82 Å². The van der Waals surface area contributed by atoms with Crippen LogP contribution in [0, 0.1) is 24.1 Å². The lowest BCUT2D eigenvalue weighted by atomic mass is 9.92. The highest BCUT2D eigenvalue weighted by molar-refractivity contribution is 5.98. The molecular formula is C24H21FN6. The Bertz CT molecular complexity index is 1430. The lowest BCUT2D eigenvalue weighted by Gasteiger charge is -2.34. The molecule has 0 unspecified atom stereocenters. The molecule has 2 aromatic carbocycles. The minimum Gasteiger partial charge on any atom is -0.369 e. The summed E-state index contributed by atoms with van der Waals surface area (Å²) in [5.41, 5.74) is 3.13. The molecule has 1 N–H and O–H groups in total. The molecule has 0 spiro atoms. The summed E-state index contributed by atoms with van der Waals surface area (Å²) in [7, 11) is 0. The summed E-state index contributed by atoms with van der Waals surface area (Å²) in [5.74, 6) is 0.884. The van der Waals surface area contributed by atoms with E-state index in [0.717, 1.165) is 16.5 Å². The minimum atomic E-state index is -0.620. The second-order valence-electron chi connectivity index (χ2n) is 8.97. The van der Waals surface area contributed by atoms with Gasteiger partial charge in [-0.15, -0.1) is 10.2 Å². The molecule has 1 aliphatic carbocycles. The zero-order valence-electron chi connectivity index (χ0n) is 17.6. The first-order valence-corrected chi connectivity index (χ1v) is 10.5. The molecule has 0 atom stereocenters. The van der Waals surface area contributed by atoms with Gasteiger partial charge in [0.05, 0.1) is 22.5 Å². The van der Waals surface area contributed by atoms with Crippen molar-refractivity contribution in [1.29, 1.82) is 5.26 Å². The monoisotopic (exact) mass is 412 g/mol. The number of benzene rings is 2. The van der Waals surface area contributed by atoms with Gasteiger partial charge in [-0.05, 0) is 57.4 Å². The van der Waals surface area contributed by atoms with Gasteiger partial charge in [-0.25, -0.2) is 4.39 Å². The highest BCUT2D eigenvalue weighted by atomic mass is 19.1. The molecule has 154 valence electrons. The van der Waals surface area contributed by atoms with Crippen LogP contribution in [0.1, 0.15) is 49.9 Å². The van der Waals surface area contributed by atoms with Gasteiger partial charge in [-0.3, -0.25) is 4.57 Å². The first-order valence-electron chi connectivity index (χ1n) is 10.5. The number of nitriles is 1. The largest absolute Gasteiger partial charge is 0.369 e. The maximum atomic E-state index is 15.5. The summed E-state index contributed by atoms with van der Waals surface area (Å²) in [5, 5.41) is 23.0. The quantitative estimate of drug-likeness (QED) is 0.491. The molecule has 6 nitrogen and oxygen atoms in total. The number of aromatic nitrogens is 4. The lowest BCUT2D eigenvalue weighted by molar-refractivity contribution is 0.522. The minimum absolute atomic E-state index is 0.309. The van der Waals surface area contributed by atoms with E-state index in [1.54, 1.807) is 0 Å². The Balaban J connectivity index is 1.67. The summed E-state index contributed by atoms with van der Waals surface area (Å²) in [4.78, 5) is 0. The third kappa shape index (κ3) is 2.42. The number of halogens is 1. The van der Waals surface area contributed by atoms with E-state index in [2.05, 4.69) is 44.5 Å². The molecule has 0 saturated heterocycles. The molecule has 1 fully saturated rings. The van der Waals surface area contributed by atoms with Crippen LogP contribution in [-0.4, -0.2) is 19.3 Å². The van der Waals surface area contributed by atoms with Gasteiger partial charge in [0.1, 0.15) is 17.7 Å². The van der Waals surface area contributed by atoms with Crippen molar-refractivity contribution in [3.8, 4) is 22.9 Å². The van der Waals surface area contributed by atoms with Crippen LogP contribution in [0.5, 0.6) is 0 Å². The highest BCUT2D eigenvalue weighted by Crippen LogP contribution is 2.45. The van der Waals surface area contributed by atoms with E-state index in [1.807, 2.05) is 37.5 Å². The Labute approximate surface area is 178 Å². The highest BCUT2D eigenvalue weighted by Gasteiger charge is 2.38. The Hall–Kier alpha value is -3.66. The van der Waals surface area contributed by atoms with Crippen molar-refractivity contribution in [1.82, 2.24) is 19.3 Å². The molecule has 1 aliphatic heterocycles. The van der Waals surface area contributed by atoms with Crippen LogP contribution in [0.3, 0.4) is 0 Å². The van der Waals surface area contributed by atoms with Gasteiger partial charge in [-0.1, -0.05) is 12.1 Å². The summed E-state index contributed by atoms with van der Waals surface area (Å²) >= 11 is 0. The van der Waals surface area contributed by atoms with E-state index in [9.17, 15) is 5.26 Å². The molecule has 7 heteroatoms. The van der Waals surface area contributed by atoms with Crippen LogP contribution in [0.25, 0.3) is 27.7 Å².